The molecule has 0 aliphatic carbocycles. The zero-order valence-electron chi connectivity index (χ0n) is 9.58. The van der Waals surface area contributed by atoms with Crippen LogP contribution in [0.5, 0.6) is 0 Å². The highest BCUT2D eigenvalue weighted by molar-refractivity contribution is 5.78. The van der Waals surface area contributed by atoms with E-state index in [2.05, 4.69) is 10.2 Å². The third-order valence-corrected chi connectivity index (χ3v) is 2.98. The largest absolute Gasteiger partial charge is 0.359 e. The first kappa shape index (κ1) is 12.2. The smallest absolute Gasteiger partial charge is 0.222 e. The maximum atomic E-state index is 11.4. The second-order valence-corrected chi connectivity index (χ2v) is 4.18. The summed E-state index contributed by atoms with van der Waals surface area (Å²) in [5.41, 5.74) is 0. The Balaban J connectivity index is 2.23. The molecule has 1 aliphatic heterocycles. The van der Waals surface area contributed by atoms with Crippen LogP contribution in [0.15, 0.2) is 0 Å². The van der Waals surface area contributed by atoms with Crippen molar-refractivity contribution in [1.29, 1.82) is 0 Å². The molecule has 1 heterocycles. The van der Waals surface area contributed by atoms with E-state index in [0.29, 0.717) is 6.42 Å². The number of hydrogen-bond donors (Lipinski definition) is 1. The summed E-state index contributed by atoms with van der Waals surface area (Å²) < 4.78 is 0. The van der Waals surface area contributed by atoms with Gasteiger partial charge in [-0.25, -0.2) is 0 Å². The Morgan fingerprint density at radius 3 is 2.40 bits per heavy atom. The highest BCUT2D eigenvalue weighted by Crippen LogP contribution is 2.17. The second-order valence-electron chi connectivity index (χ2n) is 4.18. The standard InChI is InChI=1S/C11H20N2O2/c1-9(14)3-6-13-7-4-10(5-8-13)11(15)12-2/h10H,3-8H2,1-2H3,(H,12,15). The number of nitrogens with one attached hydrogen (secondary N) is 1. The summed E-state index contributed by atoms with van der Waals surface area (Å²) in [6.45, 7) is 4.34. The molecule has 0 aromatic rings. The minimum absolute atomic E-state index is 0.154. The average Bonchev–Trinajstić information content (AvgIpc) is 2.26. The normalized spacial score (nSPS) is 18.8. The molecular formula is C11H20N2O2. The molecule has 0 spiro atoms. The molecule has 1 amide bonds. The van der Waals surface area contributed by atoms with Gasteiger partial charge in [0.15, 0.2) is 0 Å². The maximum Gasteiger partial charge on any atom is 0.222 e. The van der Waals surface area contributed by atoms with Crippen molar-refractivity contribution in [3.8, 4) is 0 Å². The zero-order chi connectivity index (χ0) is 11.3. The number of piperidine rings is 1. The molecule has 86 valence electrons. The molecule has 0 aromatic carbocycles. The van der Waals surface area contributed by atoms with Gasteiger partial charge in [-0.05, 0) is 32.9 Å². The third-order valence-electron chi connectivity index (χ3n) is 2.98. The van der Waals surface area contributed by atoms with Gasteiger partial charge in [-0.3, -0.25) is 9.59 Å². The number of rotatable bonds is 4. The molecule has 4 nitrogen and oxygen atoms in total. The van der Waals surface area contributed by atoms with E-state index < -0.39 is 0 Å². The average molecular weight is 212 g/mol. The minimum atomic E-state index is 0.154. The zero-order valence-corrected chi connectivity index (χ0v) is 9.58. The first-order chi connectivity index (χ1) is 7.13. The molecule has 0 saturated carbocycles. The lowest BCUT2D eigenvalue weighted by Gasteiger charge is -2.30. The summed E-state index contributed by atoms with van der Waals surface area (Å²) in [5, 5.41) is 2.69. The van der Waals surface area contributed by atoms with Gasteiger partial charge in [0.05, 0.1) is 0 Å². The number of amides is 1. The van der Waals surface area contributed by atoms with Crippen molar-refractivity contribution in [1.82, 2.24) is 10.2 Å². The molecular weight excluding hydrogens is 192 g/mol. The number of hydrogen-bond acceptors (Lipinski definition) is 3. The Morgan fingerprint density at radius 2 is 1.93 bits per heavy atom. The lowest BCUT2D eigenvalue weighted by Crippen LogP contribution is -2.40. The van der Waals surface area contributed by atoms with Crippen molar-refractivity contribution < 1.29 is 9.59 Å². The molecule has 1 saturated heterocycles. The minimum Gasteiger partial charge on any atom is -0.359 e. The van der Waals surface area contributed by atoms with Gasteiger partial charge in [0.25, 0.3) is 0 Å². The summed E-state index contributed by atoms with van der Waals surface area (Å²) in [6, 6.07) is 0. The Hall–Kier alpha value is -0.900. The maximum absolute atomic E-state index is 11.4. The van der Waals surface area contributed by atoms with Gasteiger partial charge in [-0.15, -0.1) is 0 Å². The van der Waals surface area contributed by atoms with Crippen LogP contribution in [0.25, 0.3) is 0 Å². The van der Waals surface area contributed by atoms with Gasteiger partial charge in [0.2, 0.25) is 5.91 Å². The van der Waals surface area contributed by atoms with Gasteiger partial charge in [-0.2, -0.15) is 0 Å². The van der Waals surface area contributed by atoms with Gasteiger partial charge < -0.3 is 10.2 Å². The molecule has 0 bridgehead atoms. The second kappa shape index (κ2) is 5.85. The van der Waals surface area contributed by atoms with Crippen LogP contribution < -0.4 is 5.32 Å². The van der Waals surface area contributed by atoms with E-state index in [0.717, 1.165) is 32.5 Å². The van der Waals surface area contributed by atoms with Gasteiger partial charge in [0, 0.05) is 25.9 Å². The molecule has 1 fully saturated rings. The van der Waals surface area contributed by atoms with Crippen LogP contribution in [-0.4, -0.2) is 43.3 Å². The van der Waals surface area contributed by atoms with Crippen molar-refractivity contribution in [2.75, 3.05) is 26.7 Å². The van der Waals surface area contributed by atoms with E-state index in [1.54, 1.807) is 14.0 Å². The van der Waals surface area contributed by atoms with E-state index in [1.807, 2.05) is 0 Å². The summed E-state index contributed by atoms with van der Waals surface area (Å²) in [5.74, 6) is 0.563. The molecule has 0 unspecified atom stereocenters. The number of likely N-dealkylation sites (tertiary alicyclic amines) is 1. The molecule has 0 aromatic heterocycles. The molecule has 4 heteroatoms. The predicted octanol–water partition coefficient (Wildman–Crippen LogP) is 0.423. The van der Waals surface area contributed by atoms with Gasteiger partial charge in [-0.1, -0.05) is 0 Å². The van der Waals surface area contributed by atoms with Crippen LogP contribution in [-0.2, 0) is 9.59 Å². The number of ketones is 1. The Labute approximate surface area is 91.0 Å². The van der Waals surface area contributed by atoms with Crippen LogP contribution in [0.1, 0.15) is 26.2 Å². The van der Waals surface area contributed by atoms with Crippen LogP contribution in [0.4, 0.5) is 0 Å². The SMILES string of the molecule is CNC(=O)C1CCN(CCC(C)=O)CC1. The summed E-state index contributed by atoms with van der Waals surface area (Å²) in [7, 11) is 1.68. The molecule has 1 rings (SSSR count). The van der Waals surface area contributed by atoms with Crippen molar-refractivity contribution in [2.45, 2.75) is 26.2 Å². The van der Waals surface area contributed by atoms with E-state index in [9.17, 15) is 9.59 Å². The topological polar surface area (TPSA) is 49.4 Å². The van der Waals surface area contributed by atoms with Crippen molar-refractivity contribution in [2.24, 2.45) is 5.92 Å². The Morgan fingerprint density at radius 1 is 1.33 bits per heavy atom. The molecule has 15 heavy (non-hydrogen) atoms. The highest BCUT2D eigenvalue weighted by Gasteiger charge is 2.23. The number of carbonyl (C=O) groups is 2. The fourth-order valence-electron chi connectivity index (χ4n) is 1.94. The van der Waals surface area contributed by atoms with Gasteiger partial charge >= 0.3 is 0 Å². The Kier molecular flexibility index (Phi) is 4.75. The lowest BCUT2D eigenvalue weighted by molar-refractivity contribution is -0.126. The number of nitrogens with zero attached hydrogens (tertiary/aromatic N) is 1. The van der Waals surface area contributed by atoms with E-state index in [1.165, 1.54) is 0 Å². The van der Waals surface area contributed by atoms with Gasteiger partial charge in [0.1, 0.15) is 5.78 Å². The van der Waals surface area contributed by atoms with Crippen LogP contribution >= 0.6 is 0 Å². The number of Topliss-reactive ketones (excluding diaryl/α,β-unsaturated/α-hetero) is 1. The summed E-state index contributed by atoms with van der Waals surface area (Å²) in [6.07, 6.45) is 2.46. The monoisotopic (exact) mass is 212 g/mol. The fourth-order valence-corrected chi connectivity index (χ4v) is 1.94. The molecule has 0 radical (unpaired) electrons. The molecule has 1 N–H and O–H groups in total. The van der Waals surface area contributed by atoms with Crippen LogP contribution in [0.2, 0.25) is 0 Å². The molecule has 1 aliphatic rings. The van der Waals surface area contributed by atoms with Crippen molar-refractivity contribution in [3.05, 3.63) is 0 Å². The predicted molar refractivity (Wildman–Crippen MR) is 58.5 cm³/mol. The Bertz CT molecular complexity index is 233. The van der Waals surface area contributed by atoms with E-state index in [-0.39, 0.29) is 17.6 Å². The lowest BCUT2D eigenvalue weighted by atomic mass is 9.96. The first-order valence-electron chi connectivity index (χ1n) is 5.57. The van der Waals surface area contributed by atoms with Crippen molar-refractivity contribution in [3.63, 3.8) is 0 Å². The number of carbonyl (C=O) groups excluding carboxylic acids is 2. The first-order valence-corrected chi connectivity index (χ1v) is 5.57. The fraction of sp³-hybridized carbons (Fsp3) is 0.818. The third kappa shape index (κ3) is 4.00. The summed E-state index contributed by atoms with van der Waals surface area (Å²) >= 11 is 0. The quantitative estimate of drug-likeness (QED) is 0.735. The van der Waals surface area contributed by atoms with E-state index in [4.69, 9.17) is 0 Å². The van der Waals surface area contributed by atoms with Crippen LogP contribution in [0.3, 0.4) is 0 Å². The molecule has 0 atom stereocenters. The summed E-state index contributed by atoms with van der Waals surface area (Å²) in [4.78, 5) is 24.4. The van der Waals surface area contributed by atoms with Crippen molar-refractivity contribution >= 4 is 11.7 Å². The highest BCUT2D eigenvalue weighted by atomic mass is 16.1. The van der Waals surface area contributed by atoms with Crippen LogP contribution in [0, 0.1) is 5.92 Å². The van der Waals surface area contributed by atoms with E-state index >= 15 is 0 Å².